The lowest BCUT2D eigenvalue weighted by Crippen LogP contribution is -1.90. The van der Waals surface area contributed by atoms with Gasteiger partial charge in [0.2, 0.25) is 0 Å². The average molecular weight is 270 g/mol. The fraction of sp³-hybridized carbons (Fsp3) is 0.143. The van der Waals surface area contributed by atoms with Gasteiger partial charge < -0.3 is 5.11 Å². The Balaban J connectivity index is 3.46. The highest BCUT2D eigenvalue weighted by molar-refractivity contribution is 14.1. The van der Waals surface area contributed by atoms with Crippen LogP contribution < -0.4 is 0 Å². The molecule has 1 nitrogen and oxygen atoms in total. The first-order chi connectivity index (χ1) is 5.04. The molecule has 0 saturated heterocycles. The molecule has 0 aliphatic heterocycles. The number of halogens is 3. The molecule has 11 heavy (non-hydrogen) atoms. The van der Waals surface area contributed by atoms with Gasteiger partial charge in [-0.15, -0.1) is 0 Å². The lowest BCUT2D eigenvalue weighted by molar-refractivity contribution is 0.419. The van der Waals surface area contributed by atoms with E-state index in [0.717, 1.165) is 6.07 Å². The minimum atomic E-state index is -0.754. The fourth-order valence-electron chi connectivity index (χ4n) is 0.713. The van der Waals surface area contributed by atoms with E-state index in [1.54, 1.807) is 22.6 Å². The van der Waals surface area contributed by atoms with E-state index in [0.29, 0.717) is 0 Å². The molecule has 1 N–H and O–H groups in total. The van der Waals surface area contributed by atoms with E-state index >= 15 is 0 Å². The lowest BCUT2D eigenvalue weighted by atomic mass is 10.2. The van der Waals surface area contributed by atoms with Crippen LogP contribution in [0, 0.1) is 22.1 Å². The van der Waals surface area contributed by atoms with Crippen LogP contribution in [0.15, 0.2) is 6.07 Å². The van der Waals surface area contributed by atoms with E-state index in [9.17, 15) is 8.78 Å². The molecule has 4 heteroatoms. The Morgan fingerprint density at radius 3 is 2.55 bits per heavy atom. The van der Waals surface area contributed by atoms with Crippen molar-refractivity contribution in [2.75, 3.05) is 0 Å². The summed E-state index contributed by atoms with van der Waals surface area (Å²) in [7, 11) is 0. The predicted octanol–water partition coefficient (Wildman–Crippen LogP) is 2.58. The molecule has 0 fully saturated rings. The van der Waals surface area contributed by atoms with Gasteiger partial charge in [0.1, 0.15) is 5.82 Å². The summed E-state index contributed by atoms with van der Waals surface area (Å²) in [5.74, 6) is -1.96. The second-order valence-corrected chi connectivity index (χ2v) is 3.23. The van der Waals surface area contributed by atoms with Gasteiger partial charge in [0.05, 0.1) is 3.57 Å². The zero-order valence-electron chi connectivity index (χ0n) is 5.66. The second-order valence-electron chi connectivity index (χ2n) is 2.15. The first-order valence-corrected chi connectivity index (χ1v) is 3.95. The standard InChI is InChI=1S/C7H5F2IO/c1-3-2-4(8)6(10)7(11)5(3)9/h2,11H,1H3. The van der Waals surface area contributed by atoms with Crippen molar-refractivity contribution in [3.8, 4) is 5.75 Å². The van der Waals surface area contributed by atoms with Crippen LogP contribution in [0.5, 0.6) is 5.75 Å². The molecular formula is C7H5F2IO. The summed E-state index contributed by atoms with van der Waals surface area (Å²) in [4.78, 5) is 0. The van der Waals surface area contributed by atoms with Crippen LogP contribution in [0.2, 0.25) is 0 Å². The summed E-state index contributed by atoms with van der Waals surface area (Å²) >= 11 is 1.55. The maximum Gasteiger partial charge on any atom is 0.169 e. The number of hydrogen-bond acceptors (Lipinski definition) is 1. The molecule has 0 radical (unpaired) electrons. The van der Waals surface area contributed by atoms with Gasteiger partial charge >= 0.3 is 0 Å². The summed E-state index contributed by atoms with van der Waals surface area (Å²) in [5.41, 5.74) is 0.111. The van der Waals surface area contributed by atoms with Crippen LogP contribution in [0.3, 0.4) is 0 Å². The zero-order chi connectivity index (χ0) is 8.59. The molecule has 0 spiro atoms. The number of benzene rings is 1. The smallest absolute Gasteiger partial charge is 0.169 e. The normalized spacial score (nSPS) is 10.2. The van der Waals surface area contributed by atoms with Gasteiger partial charge in [-0.1, -0.05) is 0 Å². The van der Waals surface area contributed by atoms with Gasteiger partial charge in [0.25, 0.3) is 0 Å². The van der Waals surface area contributed by atoms with Crippen LogP contribution in [0.25, 0.3) is 0 Å². The summed E-state index contributed by atoms with van der Waals surface area (Å²) in [5, 5.41) is 8.95. The quantitative estimate of drug-likeness (QED) is 0.567. The minimum Gasteiger partial charge on any atom is -0.504 e. The van der Waals surface area contributed by atoms with Crippen molar-refractivity contribution in [2.45, 2.75) is 6.92 Å². The fourth-order valence-corrected chi connectivity index (χ4v) is 1.11. The zero-order valence-corrected chi connectivity index (χ0v) is 7.82. The maximum absolute atomic E-state index is 12.8. The van der Waals surface area contributed by atoms with Crippen LogP contribution in [-0.2, 0) is 0 Å². The molecule has 0 aliphatic rings. The first kappa shape index (κ1) is 8.70. The van der Waals surface area contributed by atoms with Crippen LogP contribution >= 0.6 is 22.6 Å². The second kappa shape index (κ2) is 2.92. The molecule has 60 valence electrons. The molecule has 0 heterocycles. The van der Waals surface area contributed by atoms with Crippen molar-refractivity contribution in [3.05, 3.63) is 26.8 Å². The molecule has 0 aliphatic carbocycles. The summed E-state index contributed by atoms with van der Waals surface area (Å²) in [6, 6.07) is 1.05. The van der Waals surface area contributed by atoms with Gasteiger partial charge in [-0.3, -0.25) is 0 Å². The van der Waals surface area contributed by atoms with E-state index in [4.69, 9.17) is 5.11 Å². The number of hydrogen-bond donors (Lipinski definition) is 1. The Labute approximate surface area is 76.2 Å². The van der Waals surface area contributed by atoms with Crippen molar-refractivity contribution in [3.63, 3.8) is 0 Å². The molecule has 0 aromatic heterocycles. The maximum atomic E-state index is 12.8. The average Bonchev–Trinajstić information content (AvgIpc) is 1.97. The molecule has 0 saturated carbocycles. The molecule has 1 aromatic rings. The summed E-state index contributed by atoms with van der Waals surface area (Å²) in [6.07, 6.45) is 0. The van der Waals surface area contributed by atoms with Crippen molar-refractivity contribution >= 4 is 22.6 Å². The molecule has 0 unspecified atom stereocenters. The monoisotopic (exact) mass is 270 g/mol. The molecular weight excluding hydrogens is 265 g/mol. The largest absolute Gasteiger partial charge is 0.504 e. The number of phenolic OH excluding ortho intramolecular Hbond substituents is 1. The lowest BCUT2D eigenvalue weighted by Gasteiger charge is -2.02. The Kier molecular flexibility index (Phi) is 2.31. The van der Waals surface area contributed by atoms with Gasteiger partial charge in [-0.25, -0.2) is 8.78 Å². The topological polar surface area (TPSA) is 20.2 Å². The molecule has 1 aromatic carbocycles. The minimum absolute atomic E-state index is 0.0781. The van der Waals surface area contributed by atoms with Gasteiger partial charge in [0, 0.05) is 0 Å². The predicted molar refractivity (Wildman–Crippen MR) is 45.5 cm³/mol. The Morgan fingerprint density at radius 2 is 2.00 bits per heavy atom. The van der Waals surface area contributed by atoms with E-state index in [1.165, 1.54) is 6.92 Å². The molecule has 0 atom stereocenters. The van der Waals surface area contributed by atoms with Crippen molar-refractivity contribution in [1.29, 1.82) is 0 Å². The van der Waals surface area contributed by atoms with Crippen molar-refractivity contribution in [2.24, 2.45) is 0 Å². The number of aryl methyl sites for hydroxylation is 1. The van der Waals surface area contributed by atoms with Gasteiger partial charge in [0.15, 0.2) is 11.6 Å². The van der Waals surface area contributed by atoms with Gasteiger partial charge in [-0.05, 0) is 41.1 Å². The van der Waals surface area contributed by atoms with Gasteiger partial charge in [-0.2, -0.15) is 0 Å². The number of phenols is 1. The third-order valence-electron chi connectivity index (χ3n) is 1.31. The first-order valence-electron chi connectivity index (χ1n) is 2.87. The molecule has 0 amide bonds. The van der Waals surface area contributed by atoms with E-state index < -0.39 is 17.4 Å². The number of rotatable bonds is 0. The third kappa shape index (κ3) is 1.45. The molecule has 0 bridgehead atoms. The Hall–Kier alpha value is -0.390. The third-order valence-corrected chi connectivity index (χ3v) is 2.34. The summed E-state index contributed by atoms with van der Waals surface area (Å²) in [6.45, 7) is 1.40. The van der Waals surface area contributed by atoms with E-state index in [1.807, 2.05) is 0 Å². The van der Waals surface area contributed by atoms with E-state index in [-0.39, 0.29) is 9.13 Å². The van der Waals surface area contributed by atoms with Crippen LogP contribution in [0.4, 0.5) is 8.78 Å². The van der Waals surface area contributed by atoms with Crippen LogP contribution in [0.1, 0.15) is 5.56 Å². The summed E-state index contributed by atoms with van der Waals surface area (Å²) < 4.78 is 25.4. The Morgan fingerprint density at radius 1 is 1.45 bits per heavy atom. The van der Waals surface area contributed by atoms with Crippen LogP contribution in [-0.4, -0.2) is 5.11 Å². The molecule has 1 rings (SSSR count). The van der Waals surface area contributed by atoms with Crippen molar-refractivity contribution < 1.29 is 13.9 Å². The van der Waals surface area contributed by atoms with E-state index in [2.05, 4.69) is 0 Å². The Bertz CT molecular complexity index is 273. The highest BCUT2D eigenvalue weighted by Gasteiger charge is 2.12. The highest BCUT2D eigenvalue weighted by atomic mass is 127. The van der Waals surface area contributed by atoms with Crippen molar-refractivity contribution in [1.82, 2.24) is 0 Å². The number of aromatic hydroxyl groups is 1. The highest BCUT2D eigenvalue weighted by Crippen LogP contribution is 2.27. The SMILES string of the molecule is Cc1cc(F)c(I)c(O)c1F.